The highest BCUT2D eigenvalue weighted by Gasteiger charge is 2.01. The number of nitrogens with one attached hydrogen (secondary N) is 1. The van der Waals surface area contributed by atoms with Gasteiger partial charge in [0, 0.05) is 21.9 Å². The van der Waals surface area contributed by atoms with Crippen molar-refractivity contribution >= 4 is 33.4 Å². The minimum absolute atomic E-state index is 0.277. The van der Waals surface area contributed by atoms with Crippen LogP contribution in [0.1, 0.15) is 11.3 Å². The maximum Gasteiger partial charge on any atom is 0.222 e. The normalized spacial score (nSPS) is 10.3. The van der Waals surface area contributed by atoms with Crippen molar-refractivity contribution in [2.24, 2.45) is 0 Å². The molecule has 0 bridgehead atoms. The number of halogens is 1. The lowest BCUT2D eigenvalue weighted by Gasteiger charge is -2.08. The van der Waals surface area contributed by atoms with E-state index in [0.717, 1.165) is 15.9 Å². The van der Waals surface area contributed by atoms with E-state index in [9.17, 15) is 0 Å². The molecule has 0 saturated heterocycles. The second-order valence-electron chi connectivity index (χ2n) is 3.84. The van der Waals surface area contributed by atoms with Crippen molar-refractivity contribution < 1.29 is 0 Å². The fourth-order valence-electron chi connectivity index (χ4n) is 1.47. The van der Waals surface area contributed by atoms with Gasteiger partial charge in [-0.1, -0.05) is 22.0 Å². The molecule has 88 valence electrons. The van der Waals surface area contributed by atoms with Crippen LogP contribution in [0.3, 0.4) is 0 Å². The molecule has 3 N–H and O–H groups in total. The van der Waals surface area contributed by atoms with Gasteiger partial charge in [0.25, 0.3) is 0 Å². The molecule has 0 amide bonds. The van der Waals surface area contributed by atoms with Gasteiger partial charge in [-0.15, -0.1) is 0 Å². The van der Waals surface area contributed by atoms with E-state index in [1.54, 1.807) is 0 Å². The molecule has 0 unspecified atom stereocenters. The van der Waals surface area contributed by atoms with Crippen LogP contribution in [0.5, 0.6) is 0 Å². The third-order valence-electron chi connectivity index (χ3n) is 2.32. The number of hydrogen-bond donors (Lipinski definition) is 2. The van der Waals surface area contributed by atoms with Crippen molar-refractivity contribution in [3.63, 3.8) is 0 Å². The molecule has 4 nitrogen and oxygen atoms in total. The fraction of sp³-hybridized carbons (Fsp3) is 0.167. The van der Waals surface area contributed by atoms with Crippen LogP contribution in [0.25, 0.3) is 0 Å². The second kappa shape index (κ2) is 4.71. The van der Waals surface area contributed by atoms with E-state index in [2.05, 4.69) is 31.2 Å². The first kappa shape index (κ1) is 11.9. The zero-order chi connectivity index (χ0) is 12.4. The molecule has 0 aliphatic heterocycles. The van der Waals surface area contributed by atoms with Gasteiger partial charge in [-0.3, -0.25) is 0 Å². The van der Waals surface area contributed by atoms with Crippen LogP contribution in [0.4, 0.5) is 17.5 Å². The molecule has 1 aromatic heterocycles. The van der Waals surface area contributed by atoms with Gasteiger partial charge in [-0.05, 0) is 31.5 Å². The Morgan fingerprint density at radius 1 is 1.18 bits per heavy atom. The average Bonchev–Trinajstić information content (AvgIpc) is 2.22. The molecule has 0 spiro atoms. The first-order chi connectivity index (χ1) is 8.04. The summed E-state index contributed by atoms with van der Waals surface area (Å²) in [6.07, 6.45) is 0. The Hall–Kier alpha value is -1.62. The Morgan fingerprint density at radius 3 is 2.59 bits per heavy atom. The highest BCUT2D eigenvalue weighted by molar-refractivity contribution is 9.10. The fourth-order valence-corrected chi connectivity index (χ4v) is 1.85. The van der Waals surface area contributed by atoms with Crippen LogP contribution in [-0.4, -0.2) is 9.97 Å². The predicted molar refractivity (Wildman–Crippen MR) is 73.3 cm³/mol. The van der Waals surface area contributed by atoms with Crippen LogP contribution < -0.4 is 11.1 Å². The topological polar surface area (TPSA) is 63.8 Å². The van der Waals surface area contributed by atoms with Gasteiger partial charge in [-0.2, -0.15) is 4.98 Å². The molecule has 0 fully saturated rings. The van der Waals surface area contributed by atoms with Gasteiger partial charge in [0.15, 0.2) is 0 Å². The lowest BCUT2D eigenvalue weighted by molar-refractivity contribution is 1.12. The average molecular weight is 293 g/mol. The smallest absolute Gasteiger partial charge is 0.222 e. The first-order valence-corrected chi connectivity index (χ1v) is 5.98. The van der Waals surface area contributed by atoms with Crippen LogP contribution >= 0.6 is 15.9 Å². The maximum atomic E-state index is 5.60. The van der Waals surface area contributed by atoms with Gasteiger partial charge in [0.1, 0.15) is 5.82 Å². The van der Waals surface area contributed by atoms with E-state index < -0.39 is 0 Å². The van der Waals surface area contributed by atoms with Crippen molar-refractivity contribution in [3.05, 3.63) is 40.0 Å². The number of nitrogens with zero attached hydrogens (tertiary/aromatic N) is 2. The van der Waals surface area contributed by atoms with Gasteiger partial charge >= 0.3 is 0 Å². The van der Waals surface area contributed by atoms with Crippen molar-refractivity contribution in [1.82, 2.24) is 9.97 Å². The Labute approximate surface area is 108 Å². The number of nitrogens with two attached hydrogens (primary N) is 1. The van der Waals surface area contributed by atoms with Gasteiger partial charge in [-0.25, -0.2) is 4.98 Å². The molecule has 0 atom stereocenters. The SMILES string of the molecule is Cc1cc(Nc2ccc(C)c(Br)c2)nc(N)n1. The monoisotopic (exact) mass is 292 g/mol. The lowest BCUT2D eigenvalue weighted by Crippen LogP contribution is -2.01. The Bertz CT molecular complexity index is 534. The molecule has 1 heterocycles. The number of aryl methyl sites for hydroxylation is 2. The number of rotatable bonds is 2. The predicted octanol–water partition coefficient (Wildman–Crippen LogP) is 3.18. The zero-order valence-electron chi connectivity index (χ0n) is 9.66. The Kier molecular flexibility index (Phi) is 3.28. The van der Waals surface area contributed by atoms with Crippen molar-refractivity contribution in [2.45, 2.75) is 13.8 Å². The highest BCUT2D eigenvalue weighted by atomic mass is 79.9. The van der Waals surface area contributed by atoms with E-state index in [1.807, 2.05) is 38.1 Å². The van der Waals surface area contributed by atoms with Crippen molar-refractivity contribution in [3.8, 4) is 0 Å². The van der Waals surface area contributed by atoms with Crippen molar-refractivity contribution in [2.75, 3.05) is 11.1 Å². The van der Waals surface area contributed by atoms with E-state index in [1.165, 1.54) is 5.56 Å². The summed E-state index contributed by atoms with van der Waals surface area (Å²) in [7, 11) is 0. The Morgan fingerprint density at radius 2 is 1.94 bits per heavy atom. The van der Waals surface area contributed by atoms with Crippen LogP contribution in [0.2, 0.25) is 0 Å². The molecule has 5 heteroatoms. The zero-order valence-corrected chi connectivity index (χ0v) is 11.2. The molecule has 1 aromatic carbocycles. The number of nitrogen functional groups attached to an aromatic ring is 1. The second-order valence-corrected chi connectivity index (χ2v) is 4.70. The first-order valence-electron chi connectivity index (χ1n) is 5.19. The summed E-state index contributed by atoms with van der Waals surface area (Å²) in [6, 6.07) is 7.88. The van der Waals surface area contributed by atoms with Gasteiger partial charge in [0.05, 0.1) is 0 Å². The number of hydrogen-bond acceptors (Lipinski definition) is 4. The number of anilines is 3. The van der Waals surface area contributed by atoms with Crippen LogP contribution in [-0.2, 0) is 0 Å². The highest BCUT2D eigenvalue weighted by Crippen LogP contribution is 2.23. The molecule has 0 aliphatic carbocycles. The van der Waals surface area contributed by atoms with Gasteiger partial charge in [0.2, 0.25) is 5.95 Å². The molecule has 0 radical (unpaired) electrons. The molecule has 2 aromatic rings. The summed E-state index contributed by atoms with van der Waals surface area (Å²) in [5, 5.41) is 3.19. The Balaban J connectivity index is 2.28. The molecular formula is C12H13BrN4. The number of benzene rings is 1. The van der Waals surface area contributed by atoms with Crippen molar-refractivity contribution in [1.29, 1.82) is 0 Å². The largest absolute Gasteiger partial charge is 0.368 e. The summed E-state index contributed by atoms with van der Waals surface area (Å²) in [6.45, 7) is 3.93. The van der Waals surface area contributed by atoms with Crippen LogP contribution in [0, 0.1) is 13.8 Å². The minimum atomic E-state index is 0.277. The summed E-state index contributed by atoms with van der Waals surface area (Å²) in [5.41, 5.74) is 8.58. The van der Waals surface area contributed by atoms with E-state index in [4.69, 9.17) is 5.73 Å². The minimum Gasteiger partial charge on any atom is -0.368 e. The van der Waals surface area contributed by atoms with Crippen LogP contribution in [0.15, 0.2) is 28.7 Å². The maximum absolute atomic E-state index is 5.60. The van der Waals surface area contributed by atoms with E-state index >= 15 is 0 Å². The van der Waals surface area contributed by atoms with E-state index in [-0.39, 0.29) is 5.95 Å². The molecule has 17 heavy (non-hydrogen) atoms. The van der Waals surface area contributed by atoms with E-state index in [0.29, 0.717) is 5.82 Å². The summed E-state index contributed by atoms with van der Waals surface area (Å²) >= 11 is 3.49. The molecule has 0 aliphatic rings. The third-order valence-corrected chi connectivity index (χ3v) is 3.17. The molecule has 0 saturated carbocycles. The molecule has 2 rings (SSSR count). The lowest BCUT2D eigenvalue weighted by atomic mass is 10.2. The number of aromatic nitrogens is 2. The third kappa shape index (κ3) is 2.94. The summed E-state index contributed by atoms with van der Waals surface area (Å²) in [4.78, 5) is 8.15. The summed E-state index contributed by atoms with van der Waals surface area (Å²) < 4.78 is 1.06. The molecular weight excluding hydrogens is 280 g/mol. The standard InChI is InChI=1S/C12H13BrN4/c1-7-3-4-9(6-10(7)13)16-11-5-8(2)15-12(14)17-11/h3-6H,1-2H3,(H3,14,15,16,17). The summed E-state index contributed by atoms with van der Waals surface area (Å²) in [5.74, 6) is 0.976. The van der Waals surface area contributed by atoms with Gasteiger partial charge < -0.3 is 11.1 Å². The quantitative estimate of drug-likeness (QED) is 0.892.